The molecule has 1 aliphatic heterocycles. The maximum atomic E-state index is 3.58. The number of para-hydroxylation sites is 1. The van der Waals surface area contributed by atoms with E-state index in [2.05, 4.69) is 55.4 Å². The van der Waals surface area contributed by atoms with Gasteiger partial charge in [0, 0.05) is 24.8 Å². The first-order valence-corrected chi connectivity index (χ1v) is 7.62. The van der Waals surface area contributed by atoms with Crippen LogP contribution in [0.15, 0.2) is 24.3 Å². The lowest BCUT2D eigenvalue weighted by atomic mass is 9.85. The Balaban J connectivity index is 1.73. The Kier molecular flexibility index (Phi) is 3.30. The fraction of sp³-hybridized carbons (Fsp3) is 0.647. The molecule has 0 saturated heterocycles. The number of nitrogens with one attached hydrogen (secondary N) is 1. The molecule has 1 N–H and O–H groups in total. The van der Waals surface area contributed by atoms with Crippen molar-refractivity contribution in [2.75, 3.05) is 25.0 Å². The summed E-state index contributed by atoms with van der Waals surface area (Å²) in [5.74, 6) is 0.783. The Morgan fingerprint density at radius 1 is 1.32 bits per heavy atom. The van der Waals surface area contributed by atoms with Crippen molar-refractivity contribution < 1.29 is 0 Å². The molecule has 0 spiro atoms. The second kappa shape index (κ2) is 4.82. The van der Waals surface area contributed by atoms with E-state index in [4.69, 9.17) is 0 Å². The van der Waals surface area contributed by atoms with Crippen LogP contribution in [-0.4, -0.2) is 26.2 Å². The zero-order chi connectivity index (χ0) is 13.5. The summed E-state index contributed by atoms with van der Waals surface area (Å²) in [5.41, 5.74) is 3.45. The van der Waals surface area contributed by atoms with E-state index >= 15 is 0 Å². The van der Waals surface area contributed by atoms with Crippen LogP contribution in [0.1, 0.15) is 32.3 Å². The lowest BCUT2D eigenvalue weighted by molar-refractivity contribution is 0.262. The number of hydrogen-bond acceptors (Lipinski definition) is 2. The molecule has 1 fully saturated rings. The van der Waals surface area contributed by atoms with E-state index in [1.807, 2.05) is 0 Å². The van der Waals surface area contributed by atoms with Gasteiger partial charge in [-0.2, -0.15) is 0 Å². The van der Waals surface area contributed by atoms with E-state index in [-0.39, 0.29) is 0 Å². The molecule has 1 aliphatic carbocycles. The minimum atomic E-state index is 0.443. The van der Waals surface area contributed by atoms with Crippen molar-refractivity contribution in [3.8, 4) is 0 Å². The van der Waals surface area contributed by atoms with Crippen molar-refractivity contribution in [1.29, 1.82) is 0 Å². The highest BCUT2D eigenvalue weighted by atomic mass is 15.2. The van der Waals surface area contributed by atoms with Gasteiger partial charge >= 0.3 is 0 Å². The zero-order valence-corrected chi connectivity index (χ0v) is 12.4. The summed E-state index contributed by atoms with van der Waals surface area (Å²) in [4.78, 5) is 2.60. The van der Waals surface area contributed by atoms with Crippen LogP contribution in [-0.2, 0) is 6.42 Å². The van der Waals surface area contributed by atoms with Crippen LogP contribution < -0.4 is 10.2 Å². The first-order chi connectivity index (χ1) is 9.12. The van der Waals surface area contributed by atoms with Crippen LogP contribution >= 0.6 is 0 Å². The van der Waals surface area contributed by atoms with Gasteiger partial charge in [-0.1, -0.05) is 32.0 Å². The smallest absolute Gasteiger partial charge is 0.0399 e. The predicted molar refractivity (Wildman–Crippen MR) is 81.7 cm³/mol. The van der Waals surface area contributed by atoms with Crippen molar-refractivity contribution >= 4 is 5.69 Å². The fourth-order valence-corrected chi connectivity index (χ4v) is 4.22. The minimum absolute atomic E-state index is 0.443. The fourth-order valence-electron chi connectivity index (χ4n) is 4.22. The van der Waals surface area contributed by atoms with Crippen molar-refractivity contribution in [3.63, 3.8) is 0 Å². The molecular weight excluding hydrogens is 232 g/mol. The molecule has 104 valence electrons. The lowest BCUT2D eigenvalue weighted by Gasteiger charge is -2.33. The highest BCUT2D eigenvalue weighted by Gasteiger charge is 2.41. The zero-order valence-electron chi connectivity index (χ0n) is 12.4. The van der Waals surface area contributed by atoms with Gasteiger partial charge in [0.25, 0.3) is 0 Å². The van der Waals surface area contributed by atoms with Gasteiger partial charge in [0.2, 0.25) is 0 Å². The molecule has 2 aliphatic rings. The van der Waals surface area contributed by atoms with Crippen molar-refractivity contribution in [2.24, 2.45) is 11.3 Å². The third kappa shape index (κ3) is 2.27. The third-order valence-electron chi connectivity index (χ3n) is 5.22. The Labute approximate surface area is 117 Å². The molecule has 2 heteroatoms. The summed E-state index contributed by atoms with van der Waals surface area (Å²) < 4.78 is 0. The van der Waals surface area contributed by atoms with Crippen LogP contribution in [0.2, 0.25) is 0 Å². The van der Waals surface area contributed by atoms with Crippen LogP contribution in [0.25, 0.3) is 0 Å². The van der Waals surface area contributed by atoms with Gasteiger partial charge < -0.3 is 10.2 Å². The summed E-state index contributed by atoms with van der Waals surface area (Å²) in [5, 5.41) is 3.58. The normalized spacial score (nSPS) is 28.7. The van der Waals surface area contributed by atoms with Crippen molar-refractivity contribution in [2.45, 2.75) is 39.2 Å². The van der Waals surface area contributed by atoms with E-state index < -0.39 is 0 Å². The molecule has 1 saturated carbocycles. The van der Waals surface area contributed by atoms with Crippen molar-refractivity contribution in [3.05, 3.63) is 29.8 Å². The number of benzene rings is 1. The summed E-state index contributed by atoms with van der Waals surface area (Å²) in [6, 6.07) is 9.56. The molecule has 2 nitrogen and oxygen atoms in total. The Bertz CT molecular complexity index is 452. The molecule has 2 unspecified atom stereocenters. The SMILES string of the molecule is CNC1C(CN2CCc3ccccc32)CCC1(C)C. The van der Waals surface area contributed by atoms with Crippen LogP contribution in [0.3, 0.4) is 0 Å². The number of rotatable bonds is 3. The monoisotopic (exact) mass is 258 g/mol. The van der Waals surface area contributed by atoms with Gasteiger partial charge in [-0.3, -0.25) is 0 Å². The average Bonchev–Trinajstić information content (AvgIpc) is 2.92. The van der Waals surface area contributed by atoms with E-state index in [9.17, 15) is 0 Å². The number of hydrogen-bond donors (Lipinski definition) is 1. The number of fused-ring (bicyclic) bond motifs is 1. The topological polar surface area (TPSA) is 15.3 Å². The molecule has 1 aromatic rings. The molecule has 0 radical (unpaired) electrons. The van der Waals surface area contributed by atoms with Gasteiger partial charge in [-0.25, -0.2) is 0 Å². The van der Waals surface area contributed by atoms with Crippen LogP contribution in [0, 0.1) is 11.3 Å². The summed E-state index contributed by atoms with van der Waals surface area (Å²) in [6.45, 7) is 7.23. The molecule has 0 aromatic heterocycles. The van der Waals surface area contributed by atoms with Gasteiger partial charge in [0.05, 0.1) is 0 Å². The molecule has 19 heavy (non-hydrogen) atoms. The van der Waals surface area contributed by atoms with Gasteiger partial charge in [0.1, 0.15) is 0 Å². The second-order valence-corrected chi connectivity index (χ2v) is 6.88. The quantitative estimate of drug-likeness (QED) is 0.896. The van der Waals surface area contributed by atoms with E-state index in [1.54, 1.807) is 0 Å². The minimum Gasteiger partial charge on any atom is -0.371 e. The maximum Gasteiger partial charge on any atom is 0.0399 e. The molecule has 1 aromatic carbocycles. The van der Waals surface area contributed by atoms with Crippen LogP contribution in [0.5, 0.6) is 0 Å². The average molecular weight is 258 g/mol. The molecular formula is C17H26N2. The van der Waals surface area contributed by atoms with E-state index in [0.29, 0.717) is 11.5 Å². The standard InChI is InChI=1S/C17H26N2/c1-17(2)10-8-14(16(17)18-3)12-19-11-9-13-6-4-5-7-15(13)19/h4-7,14,16,18H,8-12H2,1-3H3. The first kappa shape index (κ1) is 13.0. The molecule has 3 rings (SSSR count). The number of nitrogens with zero attached hydrogens (tertiary/aromatic N) is 1. The molecule has 0 amide bonds. The maximum absolute atomic E-state index is 3.58. The van der Waals surface area contributed by atoms with Gasteiger partial charge in [-0.05, 0) is 49.3 Å². The van der Waals surface area contributed by atoms with E-state index in [1.165, 1.54) is 43.6 Å². The highest BCUT2D eigenvalue weighted by Crippen LogP contribution is 2.42. The highest BCUT2D eigenvalue weighted by molar-refractivity contribution is 5.57. The first-order valence-electron chi connectivity index (χ1n) is 7.62. The molecule has 1 heterocycles. The summed E-state index contributed by atoms with van der Waals surface area (Å²) in [6.07, 6.45) is 3.92. The molecule has 2 atom stereocenters. The summed E-state index contributed by atoms with van der Waals surface area (Å²) >= 11 is 0. The van der Waals surface area contributed by atoms with Crippen molar-refractivity contribution in [1.82, 2.24) is 5.32 Å². The van der Waals surface area contributed by atoms with E-state index in [0.717, 1.165) is 5.92 Å². The van der Waals surface area contributed by atoms with Gasteiger partial charge in [0.15, 0.2) is 0 Å². The second-order valence-electron chi connectivity index (χ2n) is 6.88. The largest absolute Gasteiger partial charge is 0.371 e. The Morgan fingerprint density at radius 3 is 2.89 bits per heavy atom. The molecule has 0 bridgehead atoms. The van der Waals surface area contributed by atoms with Gasteiger partial charge in [-0.15, -0.1) is 0 Å². The Hall–Kier alpha value is -1.02. The predicted octanol–water partition coefficient (Wildman–Crippen LogP) is 3.07. The third-order valence-corrected chi connectivity index (χ3v) is 5.22. The summed E-state index contributed by atoms with van der Waals surface area (Å²) in [7, 11) is 2.13. The lowest BCUT2D eigenvalue weighted by Crippen LogP contribution is -2.44. The number of anilines is 1. The Morgan fingerprint density at radius 2 is 2.11 bits per heavy atom. The van der Waals surface area contributed by atoms with Crippen LogP contribution in [0.4, 0.5) is 5.69 Å².